The van der Waals surface area contributed by atoms with E-state index in [0.717, 1.165) is 5.56 Å². The van der Waals surface area contributed by atoms with Gasteiger partial charge in [0, 0.05) is 21.3 Å². The minimum atomic E-state index is -0.240. The van der Waals surface area contributed by atoms with Crippen LogP contribution in [0.15, 0.2) is 52.9 Å². The van der Waals surface area contributed by atoms with Crippen molar-refractivity contribution < 1.29 is 9.21 Å². The topological polar surface area (TPSA) is 71.3 Å². The van der Waals surface area contributed by atoms with Crippen LogP contribution in [-0.2, 0) is 4.79 Å². The Morgan fingerprint density at radius 1 is 1.15 bits per heavy atom. The molecule has 1 heterocycles. The van der Waals surface area contributed by atoms with E-state index in [-0.39, 0.29) is 18.5 Å². The molecule has 1 amide bonds. The van der Waals surface area contributed by atoms with Gasteiger partial charge in [0.15, 0.2) is 0 Å². The van der Waals surface area contributed by atoms with Gasteiger partial charge in [0.1, 0.15) is 0 Å². The molecule has 1 aromatic heterocycles. The number of nitrogens with one attached hydrogen (secondary N) is 1. The Kier molecular flexibility index (Phi) is 6.11. The van der Waals surface area contributed by atoms with Crippen LogP contribution in [0.5, 0.6) is 0 Å². The number of hydrogen-bond donors (Lipinski definition) is 1. The van der Waals surface area contributed by atoms with Crippen molar-refractivity contribution in [2.24, 2.45) is 0 Å². The highest BCUT2D eigenvalue weighted by molar-refractivity contribution is 6.31. The van der Waals surface area contributed by atoms with E-state index < -0.39 is 0 Å². The van der Waals surface area contributed by atoms with Crippen molar-refractivity contribution in [3.05, 3.63) is 64.5 Å². The molecule has 0 radical (unpaired) electrons. The van der Waals surface area contributed by atoms with Crippen LogP contribution in [0.4, 0.5) is 5.69 Å². The monoisotopic (exact) mass is 404 g/mol. The second-order valence-corrected chi connectivity index (χ2v) is 6.98. The minimum Gasteiger partial charge on any atom is -0.419 e. The van der Waals surface area contributed by atoms with E-state index in [1.54, 1.807) is 36.4 Å². The van der Waals surface area contributed by atoms with Crippen LogP contribution in [0.3, 0.4) is 0 Å². The third kappa shape index (κ3) is 5.07. The van der Waals surface area contributed by atoms with Crippen molar-refractivity contribution in [1.29, 1.82) is 0 Å². The number of likely N-dealkylation sites (N-methyl/N-ethyl adjacent to an activating group) is 1. The van der Waals surface area contributed by atoms with Gasteiger partial charge in [0.2, 0.25) is 17.7 Å². The van der Waals surface area contributed by atoms with E-state index in [4.69, 9.17) is 27.6 Å². The molecule has 2 aromatic carbocycles. The Morgan fingerprint density at radius 3 is 2.56 bits per heavy atom. The molecule has 3 aromatic rings. The lowest BCUT2D eigenvalue weighted by Gasteiger charge is -2.21. The van der Waals surface area contributed by atoms with E-state index in [1.165, 1.54) is 0 Å². The molecule has 0 spiro atoms. The van der Waals surface area contributed by atoms with Gasteiger partial charge in [-0.2, -0.15) is 0 Å². The summed E-state index contributed by atoms with van der Waals surface area (Å²) < 4.78 is 5.75. The van der Waals surface area contributed by atoms with Crippen molar-refractivity contribution in [2.45, 2.75) is 13.0 Å². The van der Waals surface area contributed by atoms with Gasteiger partial charge in [0.05, 0.1) is 12.6 Å². The highest BCUT2D eigenvalue weighted by atomic mass is 35.5. The molecule has 0 aliphatic heterocycles. The summed E-state index contributed by atoms with van der Waals surface area (Å²) in [6.45, 7) is 2.05. The fourth-order valence-electron chi connectivity index (χ4n) is 2.46. The number of aromatic nitrogens is 2. The molecule has 0 saturated carbocycles. The van der Waals surface area contributed by atoms with Gasteiger partial charge in [-0.1, -0.05) is 35.3 Å². The number of amides is 1. The summed E-state index contributed by atoms with van der Waals surface area (Å²) in [6.07, 6.45) is 0. The van der Waals surface area contributed by atoms with Crippen LogP contribution >= 0.6 is 23.2 Å². The van der Waals surface area contributed by atoms with Crippen LogP contribution in [0, 0.1) is 0 Å². The molecule has 0 aliphatic rings. The molecule has 1 atom stereocenters. The zero-order chi connectivity index (χ0) is 19.4. The average molecular weight is 405 g/mol. The van der Waals surface area contributed by atoms with Crippen LogP contribution in [0.25, 0.3) is 11.5 Å². The van der Waals surface area contributed by atoms with Gasteiger partial charge in [0.25, 0.3) is 0 Å². The molecule has 1 N–H and O–H groups in total. The molecule has 0 bridgehead atoms. The number of carbonyl (C=O) groups is 1. The molecule has 0 fully saturated rings. The SMILES string of the molecule is CC(c1nnc(-c2cccc(Cl)c2)o1)N(C)CC(=O)Nc1cccc(Cl)c1. The molecule has 8 heteroatoms. The first-order valence-corrected chi connectivity index (χ1v) is 9.03. The van der Waals surface area contributed by atoms with E-state index >= 15 is 0 Å². The summed E-state index contributed by atoms with van der Waals surface area (Å²) in [5.74, 6) is 0.639. The number of halogens is 2. The fourth-order valence-corrected chi connectivity index (χ4v) is 2.84. The summed E-state index contributed by atoms with van der Waals surface area (Å²) in [7, 11) is 1.81. The normalized spacial score (nSPS) is 12.2. The number of hydrogen-bond acceptors (Lipinski definition) is 5. The van der Waals surface area contributed by atoms with E-state index in [2.05, 4.69) is 15.5 Å². The molecule has 0 saturated heterocycles. The van der Waals surface area contributed by atoms with Crippen LogP contribution in [0.1, 0.15) is 18.9 Å². The van der Waals surface area contributed by atoms with Crippen molar-refractivity contribution in [3.8, 4) is 11.5 Å². The molecular formula is C19H18Cl2N4O2. The molecule has 3 rings (SSSR count). The lowest BCUT2D eigenvalue weighted by molar-refractivity contribution is -0.117. The maximum atomic E-state index is 12.3. The molecular weight excluding hydrogens is 387 g/mol. The van der Waals surface area contributed by atoms with Crippen molar-refractivity contribution in [1.82, 2.24) is 15.1 Å². The quantitative estimate of drug-likeness (QED) is 0.645. The first kappa shape index (κ1) is 19.4. The van der Waals surface area contributed by atoms with Crippen molar-refractivity contribution in [2.75, 3.05) is 18.9 Å². The second-order valence-electron chi connectivity index (χ2n) is 6.11. The smallest absolute Gasteiger partial charge is 0.247 e. The Balaban J connectivity index is 1.63. The first-order valence-electron chi connectivity index (χ1n) is 8.27. The maximum absolute atomic E-state index is 12.3. The molecule has 1 unspecified atom stereocenters. The molecule has 27 heavy (non-hydrogen) atoms. The van der Waals surface area contributed by atoms with Gasteiger partial charge in [-0.25, -0.2) is 0 Å². The number of anilines is 1. The predicted octanol–water partition coefficient (Wildman–Crippen LogP) is 4.67. The van der Waals surface area contributed by atoms with Gasteiger partial charge < -0.3 is 9.73 Å². The highest BCUT2D eigenvalue weighted by Crippen LogP contribution is 2.25. The molecule has 140 valence electrons. The Hall–Kier alpha value is -2.41. The summed E-state index contributed by atoms with van der Waals surface area (Å²) in [6, 6.07) is 13.9. The lowest BCUT2D eigenvalue weighted by Crippen LogP contribution is -2.32. The highest BCUT2D eigenvalue weighted by Gasteiger charge is 2.21. The number of rotatable bonds is 6. The Labute approximate surface area is 167 Å². The van der Waals surface area contributed by atoms with Gasteiger partial charge in [-0.05, 0) is 50.4 Å². The van der Waals surface area contributed by atoms with Crippen LogP contribution < -0.4 is 5.32 Å². The second kappa shape index (κ2) is 8.52. The zero-order valence-electron chi connectivity index (χ0n) is 14.8. The summed E-state index contributed by atoms with van der Waals surface area (Å²) >= 11 is 11.9. The third-order valence-corrected chi connectivity index (χ3v) is 4.50. The van der Waals surface area contributed by atoms with Gasteiger partial charge in [-0.15, -0.1) is 10.2 Å². The fraction of sp³-hybridized carbons (Fsp3) is 0.211. The number of benzene rings is 2. The van der Waals surface area contributed by atoms with Gasteiger partial charge in [-0.3, -0.25) is 9.69 Å². The third-order valence-electron chi connectivity index (χ3n) is 4.03. The Bertz CT molecular complexity index is 945. The Morgan fingerprint density at radius 2 is 1.85 bits per heavy atom. The van der Waals surface area contributed by atoms with Crippen molar-refractivity contribution in [3.63, 3.8) is 0 Å². The molecule has 0 aliphatic carbocycles. The van der Waals surface area contributed by atoms with Crippen LogP contribution in [-0.4, -0.2) is 34.6 Å². The van der Waals surface area contributed by atoms with Gasteiger partial charge >= 0.3 is 0 Å². The zero-order valence-corrected chi connectivity index (χ0v) is 16.3. The van der Waals surface area contributed by atoms with E-state index in [0.29, 0.717) is 27.5 Å². The largest absolute Gasteiger partial charge is 0.419 e. The number of nitrogens with zero attached hydrogens (tertiary/aromatic N) is 3. The summed E-state index contributed by atoms with van der Waals surface area (Å²) in [5, 5.41) is 12.1. The summed E-state index contributed by atoms with van der Waals surface area (Å²) in [4.78, 5) is 14.1. The average Bonchev–Trinajstić information content (AvgIpc) is 3.11. The maximum Gasteiger partial charge on any atom is 0.247 e. The van der Waals surface area contributed by atoms with E-state index in [1.807, 2.05) is 31.0 Å². The molecule has 6 nitrogen and oxygen atoms in total. The lowest BCUT2D eigenvalue weighted by atomic mass is 10.2. The van der Waals surface area contributed by atoms with E-state index in [9.17, 15) is 4.79 Å². The standard InChI is InChI=1S/C19H18Cl2N4O2/c1-12(18-23-24-19(27-18)13-5-3-6-14(20)9-13)25(2)11-17(26)22-16-8-4-7-15(21)10-16/h3-10,12H,11H2,1-2H3,(H,22,26). The van der Waals surface area contributed by atoms with Crippen LogP contribution in [0.2, 0.25) is 10.0 Å². The first-order chi connectivity index (χ1) is 12.9. The number of carbonyl (C=O) groups excluding carboxylic acids is 1. The summed E-state index contributed by atoms with van der Waals surface area (Å²) in [5.41, 5.74) is 1.39. The predicted molar refractivity (Wildman–Crippen MR) is 106 cm³/mol. The van der Waals surface area contributed by atoms with Crippen molar-refractivity contribution >= 4 is 34.8 Å². The minimum absolute atomic E-state index is 0.155.